The highest BCUT2D eigenvalue weighted by atomic mass is 16.5. The second-order valence-electron chi connectivity index (χ2n) is 6.15. The highest BCUT2D eigenvalue weighted by molar-refractivity contribution is 5.91. The molecule has 0 aliphatic carbocycles. The molecule has 3 aromatic heterocycles. The van der Waals surface area contributed by atoms with E-state index in [4.69, 9.17) is 4.52 Å². The minimum atomic E-state index is -0.0557. The van der Waals surface area contributed by atoms with Gasteiger partial charge in [-0.1, -0.05) is 5.16 Å². The normalized spacial score (nSPS) is 15.2. The van der Waals surface area contributed by atoms with Crippen LogP contribution in [0.5, 0.6) is 0 Å². The van der Waals surface area contributed by atoms with Gasteiger partial charge in [0, 0.05) is 31.1 Å². The Kier molecular flexibility index (Phi) is 4.30. The van der Waals surface area contributed by atoms with Gasteiger partial charge in [0.2, 0.25) is 5.91 Å². The van der Waals surface area contributed by atoms with E-state index in [0.29, 0.717) is 17.4 Å². The number of rotatable bonds is 4. The van der Waals surface area contributed by atoms with Crippen LogP contribution in [-0.2, 0) is 4.79 Å². The Bertz CT molecular complexity index is 883. The molecule has 10 nitrogen and oxygen atoms in total. The van der Waals surface area contributed by atoms with Crippen LogP contribution in [0.2, 0.25) is 0 Å². The van der Waals surface area contributed by atoms with Crippen molar-refractivity contribution in [1.82, 2.24) is 29.9 Å². The van der Waals surface area contributed by atoms with Crippen molar-refractivity contribution in [2.24, 2.45) is 5.92 Å². The van der Waals surface area contributed by atoms with Crippen LogP contribution in [0.3, 0.4) is 0 Å². The second-order valence-corrected chi connectivity index (χ2v) is 6.15. The molecule has 4 rings (SSSR count). The highest BCUT2D eigenvalue weighted by Gasteiger charge is 2.26. The maximum atomic E-state index is 12.4. The number of hydrogen-bond donors (Lipinski definition) is 1. The van der Waals surface area contributed by atoms with Crippen LogP contribution in [0.25, 0.3) is 5.82 Å². The monoisotopic (exact) mass is 354 g/mol. The molecule has 0 saturated carbocycles. The first-order valence-corrected chi connectivity index (χ1v) is 8.35. The van der Waals surface area contributed by atoms with Gasteiger partial charge in [0.25, 0.3) is 0 Å². The SMILES string of the molecule is Cc1cc(NC(=O)C2CCN(c3cc(-n4cncn4)ncn3)CC2)no1. The zero-order valence-electron chi connectivity index (χ0n) is 14.2. The van der Waals surface area contributed by atoms with Gasteiger partial charge in [-0.25, -0.2) is 19.6 Å². The minimum absolute atomic E-state index is 0.0241. The van der Waals surface area contributed by atoms with Crippen LogP contribution in [-0.4, -0.2) is 48.9 Å². The largest absolute Gasteiger partial charge is 0.360 e. The van der Waals surface area contributed by atoms with E-state index in [9.17, 15) is 4.79 Å². The third-order valence-electron chi connectivity index (χ3n) is 4.36. The fourth-order valence-corrected chi connectivity index (χ4v) is 2.99. The Morgan fingerprint density at radius 3 is 2.69 bits per heavy atom. The Hall–Kier alpha value is -3.30. The summed E-state index contributed by atoms with van der Waals surface area (Å²) < 4.78 is 6.56. The topological polar surface area (TPSA) is 115 Å². The molecule has 1 saturated heterocycles. The summed E-state index contributed by atoms with van der Waals surface area (Å²) in [5.74, 6) is 2.53. The van der Waals surface area contributed by atoms with Crippen molar-refractivity contribution in [2.45, 2.75) is 19.8 Å². The number of hydrogen-bond acceptors (Lipinski definition) is 8. The van der Waals surface area contributed by atoms with Crippen LogP contribution in [0.4, 0.5) is 11.6 Å². The number of carbonyl (C=O) groups is 1. The summed E-state index contributed by atoms with van der Waals surface area (Å²) in [5.41, 5.74) is 0. The molecule has 10 heteroatoms. The van der Waals surface area contributed by atoms with E-state index >= 15 is 0 Å². The van der Waals surface area contributed by atoms with Crippen molar-refractivity contribution in [3.63, 3.8) is 0 Å². The van der Waals surface area contributed by atoms with Gasteiger partial charge >= 0.3 is 0 Å². The number of aryl methyl sites for hydroxylation is 1. The summed E-state index contributed by atoms with van der Waals surface area (Å²) >= 11 is 0. The smallest absolute Gasteiger partial charge is 0.228 e. The molecule has 1 aliphatic heterocycles. The van der Waals surface area contributed by atoms with Crippen molar-refractivity contribution in [2.75, 3.05) is 23.3 Å². The van der Waals surface area contributed by atoms with Gasteiger partial charge in [-0.05, 0) is 19.8 Å². The molecule has 26 heavy (non-hydrogen) atoms. The maximum absolute atomic E-state index is 12.4. The summed E-state index contributed by atoms with van der Waals surface area (Å²) in [4.78, 5) is 27.0. The predicted octanol–water partition coefficient (Wildman–Crippen LogP) is 1.21. The molecule has 0 radical (unpaired) electrons. The number of carbonyl (C=O) groups excluding carboxylic acids is 1. The molecule has 3 aromatic rings. The first-order chi connectivity index (χ1) is 12.7. The molecule has 1 fully saturated rings. The average Bonchev–Trinajstić information content (AvgIpc) is 3.34. The third kappa shape index (κ3) is 3.39. The number of nitrogens with one attached hydrogen (secondary N) is 1. The molecule has 1 aliphatic rings. The van der Waals surface area contributed by atoms with Gasteiger partial charge in [-0.2, -0.15) is 5.10 Å². The number of aromatic nitrogens is 6. The van der Waals surface area contributed by atoms with Crippen LogP contribution >= 0.6 is 0 Å². The van der Waals surface area contributed by atoms with Crippen molar-refractivity contribution in [3.8, 4) is 5.82 Å². The first kappa shape index (κ1) is 16.2. The highest BCUT2D eigenvalue weighted by Crippen LogP contribution is 2.23. The van der Waals surface area contributed by atoms with Crippen LogP contribution in [0.1, 0.15) is 18.6 Å². The van der Waals surface area contributed by atoms with E-state index < -0.39 is 0 Å². The van der Waals surface area contributed by atoms with Crippen LogP contribution in [0.15, 0.2) is 35.6 Å². The fourth-order valence-electron chi connectivity index (χ4n) is 2.99. The Morgan fingerprint density at radius 1 is 1.19 bits per heavy atom. The molecule has 0 atom stereocenters. The van der Waals surface area contributed by atoms with Crippen molar-refractivity contribution in [3.05, 3.63) is 36.9 Å². The van der Waals surface area contributed by atoms with Gasteiger partial charge in [-0.3, -0.25) is 4.79 Å². The lowest BCUT2D eigenvalue weighted by Gasteiger charge is -2.32. The maximum Gasteiger partial charge on any atom is 0.228 e. The van der Waals surface area contributed by atoms with E-state index in [0.717, 1.165) is 31.7 Å². The van der Waals surface area contributed by atoms with E-state index in [1.807, 2.05) is 6.07 Å². The number of nitrogens with zero attached hydrogens (tertiary/aromatic N) is 7. The number of amides is 1. The lowest BCUT2D eigenvalue weighted by atomic mass is 9.96. The summed E-state index contributed by atoms with van der Waals surface area (Å²) in [6.07, 6.45) is 6.05. The first-order valence-electron chi connectivity index (χ1n) is 8.35. The van der Waals surface area contributed by atoms with Gasteiger partial charge in [0.05, 0.1) is 0 Å². The number of anilines is 2. The molecular formula is C16H18N8O2. The lowest BCUT2D eigenvalue weighted by Crippen LogP contribution is -2.38. The second kappa shape index (κ2) is 6.90. The molecule has 134 valence electrons. The quantitative estimate of drug-likeness (QED) is 0.743. The van der Waals surface area contributed by atoms with Gasteiger partial charge < -0.3 is 14.7 Å². The molecule has 0 bridgehead atoms. The van der Waals surface area contributed by atoms with Crippen LogP contribution < -0.4 is 10.2 Å². The molecule has 4 heterocycles. The minimum Gasteiger partial charge on any atom is -0.360 e. The third-order valence-corrected chi connectivity index (χ3v) is 4.36. The molecule has 1 amide bonds. The average molecular weight is 354 g/mol. The van der Waals surface area contributed by atoms with Gasteiger partial charge in [0.15, 0.2) is 11.6 Å². The summed E-state index contributed by atoms with van der Waals surface area (Å²) in [7, 11) is 0. The van der Waals surface area contributed by atoms with Crippen LogP contribution in [0, 0.1) is 12.8 Å². The molecule has 1 N–H and O–H groups in total. The summed E-state index contributed by atoms with van der Waals surface area (Å²) in [6.45, 7) is 3.27. The molecular weight excluding hydrogens is 336 g/mol. The molecule has 0 unspecified atom stereocenters. The van der Waals surface area contributed by atoms with E-state index in [2.05, 4.69) is 35.4 Å². The van der Waals surface area contributed by atoms with E-state index in [1.54, 1.807) is 24.0 Å². The van der Waals surface area contributed by atoms with Crippen molar-refractivity contribution in [1.29, 1.82) is 0 Å². The van der Waals surface area contributed by atoms with Gasteiger partial charge in [-0.15, -0.1) is 0 Å². The standard InChI is InChI=1S/C16H18N8O2/c1-11-6-13(22-26-11)21-16(25)12-2-4-23(5-3-12)14-7-15(19-9-18-14)24-10-17-8-20-24/h6-10,12H,2-5H2,1H3,(H,21,22,25). The van der Waals surface area contributed by atoms with Gasteiger partial charge in [0.1, 0.15) is 30.6 Å². The predicted molar refractivity (Wildman–Crippen MR) is 91.8 cm³/mol. The van der Waals surface area contributed by atoms with E-state index in [-0.39, 0.29) is 11.8 Å². The van der Waals surface area contributed by atoms with Crippen molar-refractivity contribution < 1.29 is 9.32 Å². The molecule has 0 spiro atoms. The Morgan fingerprint density at radius 2 is 2.00 bits per heavy atom. The zero-order chi connectivity index (χ0) is 17.9. The zero-order valence-corrected chi connectivity index (χ0v) is 14.2. The van der Waals surface area contributed by atoms with E-state index in [1.165, 1.54) is 12.7 Å². The summed E-state index contributed by atoms with van der Waals surface area (Å²) in [6, 6.07) is 3.58. The lowest BCUT2D eigenvalue weighted by molar-refractivity contribution is -0.120. The van der Waals surface area contributed by atoms with Crippen molar-refractivity contribution >= 4 is 17.5 Å². The molecule has 0 aromatic carbocycles. The fraction of sp³-hybridized carbons (Fsp3) is 0.375. The Balaban J connectivity index is 1.37. The number of piperidine rings is 1. The Labute approximate surface area is 149 Å². The summed E-state index contributed by atoms with van der Waals surface area (Å²) in [5, 5.41) is 10.7.